The van der Waals surface area contributed by atoms with Crippen LogP contribution in [0.1, 0.15) is 15.9 Å². The number of para-hydroxylation sites is 1. The van der Waals surface area contributed by atoms with Gasteiger partial charge in [0.05, 0.1) is 21.8 Å². The molecule has 5 nitrogen and oxygen atoms in total. The van der Waals surface area contributed by atoms with Crippen LogP contribution in [0.15, 0.2) is 36.7 Å². The summed E-state index contributed by atoms with van der Waals surface area (Å²) >= 11 is 12.0. The topological polar surface area (TPSA) is 80.9 Å². The number of rotatable bonds is 2. The molecular weight excluding hydrogens is 335 g/mol. The number of benzene rings is 1. The van der Waals surface area contributed by atoms with Crippen molar-refractivity contribution in [1.29, 1.82) is 0 Å². The fraction of sp³-hybridized carbons (Fsp3) is 0.0625. The first kappa shape index (κ1) is 15.5. The molecule has 0 radical (unpaired) electrons. The molecule has 0 aliphatic carbocycles. The third kappa shape index (κ3) is 2.81. The van der Waals surface area contributed by atoms with Gasteiger partial charge in [0.2, 0.25) is 0 Å². The number of aryl methyl sites for hydroxylation is 1. The van der Waals surface area contributed by atoms with Crippen molar-refractivity contribution in [1.82, 2.24) is 9.97 Å². The molecule has 0 fully saturated rings. The van der Waals surface area contributed by atoms with E-state index in [1.807, 2.05) is 13.0 Å². The predicted molar refractivity (Wildman–Crippen MR) is 93.1 cm³/mol. The van der Waals surface area contributed by atoms with Crippen molar-refractivity contribution in [2.75, 3.05) is 11.1 Å². The molecule has 0 saturated heterocycles. The Bertz CT molecular complexity index is 907. The predicted octanol–water partition coefficient (Wildman–Crippen LogP) is 4.08. The van der Waals surface area contributed by atoms with Gasteiger partial charge in [-0.3, -0.25) is 9.78 Å². The van der Waals surface area contributed by atoms with Crippen molar-refractivity contribution in [2.45, 2.75) is 6.92 Å². The van der Waals surface area contributed by atoms with Crippen molar-refractivity contribution in [3.8, 4) is 0 Å². The zero-order valence-electron chi connectivity index (χ0n) is 12.1. The van der Waals surface area contributed by atoms with Gasteiger partial charge in [-0.1, -0.05) is 35.3 Å². The summed E-state index contributed by atoms with van der Waals surface area (Å²) in [5.41, 5.74) is 8.81. The third-order valence-electron chi connectivity index (χ3n) is 3.47. The SMILES string of the molecule is Cc1cnc2c(NC(=O)c3c(Cl)ccnc3Cl)cccc2c1N. The highest BCUT2D eigenvalue weighted by atomic mass is 35.5. The largest absolute Gasteiger partial charge is 0.398 e. The summed E-state index contributed by atoms with van der Waals surface area (Å²) in [6.07, 6.45) is 3.10. The molecule has 116 valence electrons. The number of carbonyl (C=O) groups is 1. The number of halogens is 2. The van der Waals surface area contributed by atoms with Crippen molar-refractivity contribution in [2.24, 2.45) is 0 Å². The summed E-state index contributed by atoms with van der Waals surface area (Å²) in [4.78, 5) is 20.7. The molecule has 0 unspecified atom stereocenters. The molecule has 0 atom stereocenters. The smallest absolute Gasteiger partial charge is 0.260 e. The molecule has 0 bridgehead atoms. The number of pyridine rings is 2. The average Bonchev–Trinajstić information content (AvgIpc) is 2.51. The molecule has 3 N–H and O–H groups in total. The van der Waals surface area contributed by atoms with Crippen LogP contribution in [-0.2, 0) is 0 Å². The highest BCUT2D eigenvalue weighted by molar-refractivity contribution is 6.39. The molecule has 3 aromatic rings. The van der Waals surface area contributed by atoms with E-state index in [9.17, 15) is 4.79 Å². The summed E-state index contributed by atoms with van der Waals surface area (Å²) in [6, 6.07) is 6.89. The second-order valence-corrected chi connectivity index (χ2v) is 5.73. The number of fused-ring (bicyclic) bond motifs is 1. The number of nitrogens with zero attached hydrogens (tertiary/aromatic N) is 2. The van der Waals surface area contributed by atoms with Crippen molar-refractivity contribution in [3.05, 3.63) is 58.0 Å². The van der Waals surface area contributed by atoms with Gasteiger partial charge >= 0.3 is 0 Å². The standard InChI is InChI=1S/C16H12Cl2N4O/c1-8-7-21-14-9(13(8)19)3-2-4-11(14)22-16(23)12-10(17)5-6-20-15(12)18/h2-7H,1H3,(H2,19,21)(H,22,23). The maximum absolute atomic E-state index is 12.5. The summed E-state index contributed by atoms with van der Waals surface area (Å²) in [5, 5.41) is 3.80. The van der Waals surface area contributed by atoms with Crippen LogP contribution in [-0.4, -0.2) is 15.9 Å². The second-order valence-electron chi connectivity index (χ2n) is 4.97. The lowest BCUT2D eigenvalue weighted by Crippen LogP contribution is -2.14. The van der Waals surface area contributed by atoms with E-state index in [1.165, 1.54) is 12.3 Å². The number of hydrogen-bond acceptors (Lipinski definition) is 4. The molecule has 0 spiro atoms. The zero-order chi connectivity index (χ0) is 16.6. The highest BCUT2D eigenvalue weighted by Crippen LogP contribution is 2.29. The Balaban J connectivity index is 2.06. The minimum Gasteiger partial charge on any atom is -0.398 e. The summed E-state index contributed by atoms with van der Waals surface area (Å²) < 4.78 is 0. The lowest BCUT2D eigenvalue weighted by molar-refractivity contribution is 0.102. The first-order valence-corrected chi connectivity index (χ1v) is 7.50. The number of aromatic nitrogens is 2. The first-order valence-electron chi connectivity index (χ1n) is 6.74. The van der Waals surface area contributed by atoms with E-state index in [4.69, 9.17) is 28.9 Å². The van der Waals surface area contributed by atoms with Crippen LogP contribution in [0.25, 0.3) is 10.9 Å². The Labute approximate surface area is 142 Å². The number of carbonyl (C=O) groups excluding carboxylic acids is 1. The summed E-state index contributed by atoms with van der Waals surface area (Å²) in [5.74, 6) is -0.457. The molecular formula is C16H12Cl2N4O. The van der Waals surface area contributed by atoms with Crippen LogP contribution in [0.4, 0.5) is 11.4 Å². The van der Waals surface area contributed by atoms with E-state index in [1.54, 1.807) is 18.3 Å². The Kier molecular flexibility index (Phi) is 4.07. The van der Waals surface area contributed by atoms with Crippen LogP contribution < -0.4 is 11.1 Å². The van der Waals surface area contributed by atoms with E-state index in [0.29, 0.717) is 16.9 Å². The van der Waals surface area contributed by atoms with Crippen LogP contribution in [0.5, 0.6) is 0 Å². The van der Waals surface area contributed by atoms with Gasteiger partial charge < -0.3 is 11.1 Å². The quantitative estimate of drug-likeness (QED) is 0.685. The Morgan fingerprint density at radius 1 is 1.22 bits per heavy atom. The third-order valence-corrected chi connectivity index (χ3v) is 4.07. The van der Waals surface area contributed by atoms with E-state index in [0.717, 1.165) is 10.9 Å². The van der Waals surface area contributed by atoms with Gasteiger partial charge in [0.25, 0.3) is 5.91 Å². The lowest BCUT2D eigenvalue weighted by Gasteiger charge is -2.11. The molecule has 2 aromatic heterocycles. The molecule has 1 aromatic carbocycles. The monoisotopic (exact) mass is 346 g/mol. The van der Waals surface area contributed by atoms with Crippen molar-refractivity contribution < 1.29 is 4.79 Å². The fourth-order valence-corrected chi connectivity index (χ4v) is 2.77. The number of nitrogens with two attached hydrogens (primary N) is 1. The molecule has 0 aliphatic rings. The first-order chi connectivity index (χ1) is 11.0. The van der Waals surface area contributed by atoms with Gasteiger partial charge in [0.15, 0.2) is 0 Å². The Morgan fingerprint density at radius 3 is 2.74 bits per heavy atom. The van der Waals surface area contributed by atoms with Gasteiger partial charge in [-0.25, -0.2) is 4.98 Å². The van der Waals surface area contributed by atoms with Gasteiger partial charge in [-0.2, -0.15) is 0 Å². The average molecular weight is 347 g/mol. The lowest BCUT2D eigenvalue weighted by atomic mass is 10.1. The van der Waals surface area contributed by atoms with Crippen LogP contribution in [0.3, 0.4) is 0 Å². The fourth-order valence-electron chi connectivity index (χ4n) is 2.25. The zero-order valence-corrected chi connectivity index (χ0v) is 13.6. The second kappa shape index (κ2) is 6.02. The molecule has 0 aliphatic heterocycles. The summed E-state index contributed by atoms with van der Waals surface area (Å²) in [7, 11) is 0. The number of nitrogens with one attached hydrogen (secondary N) is 1. The Hall–Kier alpha value is -2.37. The van der Waals surface area contributed by atoms with Crippen molar-refractivity contribution >= 4 is 51.4 Å². The van der Waals surface area contributed by atoms with E-state index >= 15 is 0 Å². The van der Waals surface area contributed by atoms with E-state index in [-0.39, 0.29) is 15.7 Å². The van der Waals surface area contributed by atoms with Crippen molar-refractivity contribution in [3.63, 3.8) is 0 Å². The van der Waals surface area contributed by atoms with Gasteiger partial charge in [0.1, 0.15) is 5.15 Å². The number of amides is 1. The molecule has 2 heterocycles. The maximum atomic E-state index is 12.5. The minimum atomic E-state index is -0.457. The van der Waals surface area contributed by atoms with Gasteiger partial charge in [-0.15, -0.1) is 0 Å². The molecule has 0 saturated carbocycles. The molecule has 23 heavy (non-hydrogen) atoms. The normalized spacial score (nSPS) is 10.7. The number of hydrogen-bond donors (Lipinski definition) is 2. The maximum Gasteiger partial charge on any atom is 0.260 e. The van der Waals surface area contributed by atoms with E-state index < -0.39 is 5.91 Å². The molecule has 3 rings (SSSR count). The molecule has 1 amide bonds. The van der Waals surface area contributed by atoms with Gasteiger partial charge in [0, 0.05) is 23.5 Å². The number of anilines is 2. The Morgan fingerprint density at radius 2 is 2.00 bits per heavy atom. The van der Waals surface area contributed by atoms with E-state index in [2.05, 4.69) is 15.3 Å². The minimum absolute atomic E-state index is 0.0403. The van der Waals surface area contributed by atoms with Crippen LogP contribution >= 0.6 is 23.2 Å². The summed E-state index contributed by atoms with van der Waals surface area (Å²) in [6.45, 7) is 1.88. The van der Waals surface area contributed by atoms with Crippen LogP contribution in [0, 0.1) is 6.92 Å². The number of nitrogen functional groups attached to an aromatic ring is 1. The molecule has 7 heteroatoms. The highest BCUT2D eigenvalue weighted by Gasteiger charge is 2.17. The van der Waals surface area contributed by atoms with Gasteiger partial charge in [-0.05, 0) is 24.6 Å². The van der Waals surface area contributed by atoms with Crippen LogP contribution in [0.2, 0.25) is 10.2 Å².